The third kappa shape index (κ3) is 6.99. The topological polar surface area (TPSA) is 125 Å². The van der Waals surface area contributed by atoms with E-state index in [0.717, 1.165) is 10.6 Å². The van der Waals surface area contributed by atoms with Crippen LogP contribution >= 0.6 is 0 Å². The summed E-state index contributed by atoms with van der Waals surface area (Å²) in [5.74, 6) is 4.95. The minimum Gasteiger partial charge on any atom is -0.317 e. The van der Waals surface area contributed by atoms with E-state index < -0.39 is 28.7 Å². The van der Waals surface area contributed by atoms with Crippen molar-refractivity contribution < 1.29 is 19.6 Å². The number of benzene rings is 1. The summed E-state index contributed by atoms with van der Waals surface area (Å²) in [6, 6.07) is 8.36. The van der Waals surface area contributed by atoms with Crippen molar-refractivity contribution in [3.05, 3.63) is 42.0 Å². The van der Waals surface area contributed by atoms with Gasteiger partial charge in [-0.15, -0.1) is 0 Å². The lowest BCUT2D eigenvalue weighted by Crippen LogP contribution is -2.61. The van der Waals surface area contributed by atoms with Crippen LogP contribution in [0.5, 0.6) is 0 Å². The van der Waals surface area contributed by atoms with E-state index in [1.165, 1.54) is 0 Å². The Hall–Kier alpha value is -2.55. The van der Waals surface area contributed by atoms with Crippen molar-refractivity contribution in [2.75, 3.05) is 13.1 Å². The monoisotopic (exact) mass is 486 g/mol. The highest BCUT2D eigenvalue weighted by Gasteiger charge is 2.54. The molecule has 0 spiro atoms. The molecule has 0 unspecified atom stereocenters. The normalized spacial score (nSPS) is 18.1. The summed E-state index contributed by atoms with van der Waals surface area (Å²) < 4.78 is 0. The molecule has 1 aliphatic heterocycles. The molecule has 8 heteroatoms. The van der Waals surface area contributed by atoms with Gasteiger partial charge in [-0.2, -0.15) is 0 Å². The molecule has 1 aromatic carbocycles. The highest BCUT2D eigenvalue weighted by atomic mass is 16.5. The van der Waals surface area contributed by atoms with Crippen molar-refractivity contribution in [1.29, 1.82) is 0 Å². The third-order valence-electron chi connectivity index (χ3n) is 6.99. The van der Waals surface area contributed by atoms with Gasteiger partial charge in [-0.3, -0.25) is 24.6 Å². The first-order chi connectivity index (χ1) is 16.6. The lowest BCUT2D eigenvalue weighted by molar-refractivity contribution is -0.162. The van der Waals surface area contributed by atoms with Gasteiger partial charge in [0.05, 0.1) is 0 Å². The van der Waals surface area contributed by atoms with Crippen LogP contribution in [-0.4, -0.2) is 46.9 Å². The van der Waals surface area contributed by atoms with E-state index in [0.29, 0.717) is 45.2 Å². The molecule has 1 saturated heterocycles. The molecule has 0 saturated carbocycles. The summed E-state index contributed by atoms with van der Waals surface area (Å²) >= 11 is 0. The van der Waals surface area contributed by atoms with Crippen LogP contribution in [-0.2, 0) is 14.4 Å². The minimum absolute atomic E-state index is 0.0660. The largest absolute Gasteiger partial charge is 0.317 e. The van der Waals surface area contributed by atoms with Crippen LogP contribution in [0.4, 0.5) is 0 Å². The third-order valence-corrected chi connectivity index (χ3v) is 6.99. The summed E-state index contributed by atoms with van der Waals surface area (Å²) in [5, 5.41) is 13.5. The predicted molar refractivity (Wildman–Crippen MR) is 137 cm³/mol. The Morgan fingerprint density at radius 1 is 1.23 bits per heavy atom. The molecule has 0 bridgehead atoms. The average Bonchev–Trinajstić information content (AvgIpc) is 2.85. The number of nitrogens with zero attached hydrogens (tertiary/aromatic N) is 1. The number of amides is 2. The molecule has 0 aromatic heterocycles. The number of nitrogens with two attached hydrogens (primary N) is 1. The van der Waals surface area contributed by atoms with Crippen molar-refractivity contribution in [1.82, 2.24) is 15.8 Å². The van der Waals surface area contributed by atoms with E-state index in [-0.39, 0.29) is 18.1 Å². The summed E-state index contributed by atoms with van der Waals surface area (Å²) in [5.41, 5.74) is 0.587. The van der Waals surface area contributed by atoms with E-state index >= 15 is 0 Å². The first-order valence-corrected chi connectivity index (χ1v) is 12.6. The molecule has 5 N–H and O–H groups in total. The van der Waals surface area contributed by atoms with Crippen LogP contribution in [0.25, 0.3) is 6.08 Å². The molecular weight excluding hydrogens is 444 g/mol. The van der Waals surface area contributed by atoms with Crippen molar-refractivity contribution in [2.45, 2.75) is 72.3 Å². The number of hydrogen-bond donors (Lipinski definition) is 4. The Labute approximate surface area is 209 Å². The van der Waals surface area contributed by atoms with Gasteiger partial charge in [-0.1, -0.05) is 76.6 Å². The number of carbonyl (C=O) groups excluding carboxylic acids is 3. The molecule has 35 heavy (non-hydrogen) atoms. The predicted octanol–water partition coefficient (Wildman–Crippen LogP) is 3.46. The zero-order valence-electron chi connectivity index (χ0n) is 21.5. The zero-order valence-corrected chi connectivity index (χ0v) is 21.5. The van der Waals surface area contributed by atoms with Crippen molar-refractivity contribution in [2.24, 2.45) is 22.6 Å². The number of hydrazine groups is 1. The van der Waals surface area contributed by atoms with Crippen LogP contribution in [0.15, 0.2) is 36.4 Å². The minimum atomic E-state index is -1.33. The van der Waals surface area contributed by atoms with Gasteiger partial charge >= 0.3 is 0 Å². The van der Waals surface area contributed by atoms with Crippen LogP contribution in [0, 0.1) is 16.7 Å². The maximum Gasteiger partial charge on any atom is 0.268 e. The van der Waals surface area contributed by atoms with Gasteiger partial charge in [0, 0.05) is 5.41 Å². The molecule has 1 fully saturated rings. The lowest BCUT2D eigenvalue weighted by Gasteiger charge is -2.44. The second-order valence-electron chi connectivity index (χ2n) is 10.3. The molecule has 2 atom stereocenters. The Balaban J connectivity index is 2.42. The number of hydroxylamine groups is 1. The number of piperidine rings is 1. The van der Waals surface area contributed by atoms with Gasteiger partial charge in [0.25, 0.3) is 11.8 Å². The molecule has 2 rings (SSSR count). The highest BCUT2D eigenvalue weighted by molar-refractivity contribution is 6.09. The number of carbonyl (C=O) groups is 3. The van der Waals surface area contributed by atoms with E-state index in [9.17, 15) is 19.6 Å². The summed E-state index contributed by atoms with van der Waals surface area (Å²) in [6.07, 6.45) is 6.27. The number of rotatable bonds is 12. The van der Waals surface area contributed by atoms with Crippen molar-refractivity contribution in [3.63, 3.8) is 0 Å². The van der Waals surface area contributed by atoms with E-state index in [1.54, 1.807) is 11.6 Å². The first kappa shape index (κ1) is 28.7. The molecule has 8 nitrogen and oxygen atoms in total. The van der Waals surface area contributed by atoms with E-state index in [4.69, 9.17) is 5.84 Å². The Bertz CT molecular complexity index is 880. The summed E-state index contributed by atoms with van der Waals surface area (Å²) in [6.45, 7) is 9.28. The molecule has 1 heterocycles. The van der Waals surface area contributed by atoms with Crippen molar-refractivity contribution in [3.8, 4) is 0 Å². The second-order valence-corrected chi connectivity index (χ2v) is 10.3. The summed E-state index contributed by atoms with van der Waals surface area (Å²) in [7, 11) is 0. The molecule has 194 valence electrons. The first-order valence-electron chi connectivity index (χ1n) is 12.6. The fourth-order valence-corrected chi connectivity index (χ4v) is 5.21. The molecule has 1 aliphatic rings. The number of ketones is 1. The molecule has 2 amide bonds. The Morgan fingerprint density at radius 2 is 1.86 bits per heavy atom. The summed E-state index contributed by atoms with van der Waals surface area (Å²) in [4.78, 5) is 40.9. The van der Waals surface area contributed by atoms with Gasteiger partial charge in [0.2, 0.25) is 0 Å². The average molecular weight is 487 g/mol. The lowest BCUT2D eigenvalue weighted by atomic mass is 9.61. The second kappa shape index (κ2) is 13.0. The maximum atomic E-state index is 14.2. The highest BCUT2D eigenvalue weighted by Crippen LogP contribution is 2.44. The van der Waals surface area contributed by atoms with Crippen LogP contribution in [0.2, 0.25) is 0 Å². The van der Waals surface area contributed by atoms with E-state index in [2.05, 4.69) is 5.32 Å². The fraction of sp³-hybridized carbons (Fsp3) is 0.593. The number of hydrogen-bond acceptors (Lipinski definition) is 6. The quantitative estimate of drug-likeness (QED) is 0.118. The number of nitrogens with one attached hydrogen (secondary N) is 2. The molecule has 0 aliphatic carbocycles. The standard InChI is InChI=1S/C27H42N4O4/c1-5-14-27(19-20(2)3,24(33)26(4)15-17-29-18-16-26)25(34)31(28)22(23(32)30-35)13-9-12-21-10-7-6-8-11-21/h6-12,20,22,29,35H,5,13-19,28H2,1-4H3,(H,30,32)/t22-,27+/m0/s1. The zero-order chi connectivity index (χ0) is 26.1. The fourth-order valence-electron chi connectivity index (χ4n) is 5.21. The smallest absolute Gasteiger partial charge is 0.268 e. The maximum absolute atomic E-state index is 14.2. The van der Waals surface area contributed by atoms with Gasteiger partial charge in [-0.05, 0) is 56.7 Å². The van der Waals surface area contributed by atoms with E-state index in [1.807, 2.05) is 64.1 Å². The Kier molecular flexibility index (Phi) is 10.6. The van der Waals surface area contributed by atoms with Gasteiger partial charge < -0.3 is 5.32 Å². The number of Topliss-reactive ketones (excluding diaryl/α,β-unsaturated/α-hetero) is 1. The van der Waals surface area contributed by atoms with Crippen LogP contribution < -0.4 is 16.6 Å². The van der Waals surface area contributed by atoms with Crippen LogP contribution in [0.3, 0.4) is 0 Å². The molecule has 1 aromatic rings. The molecule has 0 radical (unpaired) electrons. The van der Waals surface area contributed by atoms with Gasteiger partial charge in [-0.25, -0.2) is 11.3 Å². The Morgan fingerprint density at radius 3 is 2.40 bits per heavy atom. The van der Waals surface area contributed by atoms with Gasteiger partial charge in [0.1, 0.15) is 11.5 Å². The molecular formula is C27H42N4O4. The van der Waals surface area contributed by atoms with Crippen molar-refractivity contribution >= 4 is 23.7 Å². The van der Waals surface area contributed by atoms with Crippen LogP contribution in [0.1, 0.15) is 71.8 Å². The SMILES string of the molecule is CCC[C@](CC(C)C)(C(=O)N(N)[C@@H](CC=Cc1ccccc1)C(=O)NO)C(=O)C1(C)CCNCC1. The van der Waals surface area contributed by atoms with Gasteiger partial charge in [0.15, 0.2) is 5.78 Å².